The van der Waals surface area contributed by atoms with E-state index in [-0.39, 0.29) is 0 Å². The van der Waals surface area contributed by atoms with Crippen LogP contribution in [0, 0.1) is 5.92 Å². The Bertz CT molecular complexity index is 266. The third-order valence-corrected chi connectivity index (χ3v) is 3.79. The highest BCUT2D eigenvalue weighted by Gasteiger charge is 2.24. The standard InChI is InChI=1S/C13H25N3O/c1-10-8-12(9-11(2)17-10)4-5-15-13(14)16-6-3-7-16/h10-12H,3-9H2,1-2H3,(H2,14,15). The van der Waals surface area contributed by atoms with E-state index in [1.165, 1.54) is 19.3 Å². The van der Waals surface area contributed by atoms with Crippen LogP contribution >= 0.6 is 0 Å². The van der Waals surface area contributed by atoms with Crippen LogP contribution in [0.1, 0.15) is 39.5 Å². The lowest BCUT2D eigenvalue weighted by molar-refractivity contribution is -0.0529. The van der Waals surface area contributed by atoms with Crippen molar-refractivity contribution in [2.75, 3.05) is 19.6 Å². The van der Waals surface area contributed by atoms with Gasteiger partial charge in [-0.05, 0) is 45.4 Å². The molecule has 0 bridgehead atoms. The average Bonchev–Trinajstić information content (AvgIpc) is 2.12. The number of hydrogen-bond donors (Lipinski definition) is 1. The fraction of sp³-hybridized carbons (Fsp3) is 0.923. The largest absolute Gasteiger partial charge is 0.376 e. The first-order valence-electron chi connectivity index (χ1n) is 6.85. The molecule has 0 radical (unpaired) electrons. The summed E-state index contributed by atoms with van der Waals surface area (Å²) < 4.78 is 5.74. The van der Waals surface area contributed by atoms with Crippen molar-refractivity contribution in [2.24, 2.45) is 16.6 Å². The summed E-state index contributed by atoms with van der Waals surface area (Å²) in [4.78, 5) is 6.62. The highest BCUT2D eigenvalue weighted by molar-refractivity contribution is 5.78. The molecule has 0 aliphatic carbocycles. The van der Waals surface area contributed by atoms with Crippen molar-refractivity contribution in [1.29, 1.82) is 0 Å². The highest BCUT2D eigenvalue weighted by Crippen LogP contribution is 2.27. The first-order valence-corrected chi connectivity index (χ1v) is 6.85. The van der Waals surface area contributed by atoms with Gasteiger partial charge in [-0.1, -0.05) is 0 Å². The number of ether oxygens (including phenoxy) is 1. The second-order valence-electron chi connectivity index (χ2n) is 5.46. The van der Waals surface area contributed by atoms with E-state index in [4.69, 9.17) is 10.5 Å². The van der Waals surface area contributed by atoms with Crippen LogP contribution in [0.25, 0.3) is 0 Å². The molecule has 2 heterocycles. The number of aliphatic imine (C=N–C) groups is 1. The van der Waals surface area contributed by atoms with Gasteiger partial charge < -0.3 is 15.4 Å². The fourth-order valence-electron chi connectivity index (χ4n) is 2.79. The van der Waals surface area contributed by atoms with Crippen LogP contribution in [0.3, 0.4) is 0 Å². The molecule has 0 saturated carbocycles. The minimum absolute atomic E-state index is 0.403. The van der Waals surface area contributed by atoms with Crippen molar-refractivity contribution in [3.63, 3.8) is 0 Å². The molecule has 0 aromatic carbocycles. The fourth-order valence-corrected chi connectivity index (χ4v) is 2.79. The molecule has 2 rings (SSSR count). The molecule has 0 aromatic heterocycles. The smallest absolute Gasteiger partial charge is 0.191 e. The average molecular weight is 239 g/mol. The Balaban J connectivity index is 1.70. The normalized spacial score (nSPS) is 34.6. The number of guanidine groups is 1. The van der Waals surface area contributed by atoms with Gasteiger partial charge in [0.15, 0.2) is 5.96 Å². The highest BCUT2D eigenvalue weighted by atomic mass is 16.5. The summed E-state index contributed by atoms with van der Waals surface area (Å²) in [6.07, 6.45) is 5.55. The van der Waals surface area contributed by atoms with Crippen molar-refractivity contribution in [2.45, 2.75) is 51.7 Å². The predicted molar refractivity (Wildman–Crippen MR) is 70.0 cm³/mol. The summed E-state index contributed by atoms with van der Waals surface area (Å²) >= 11 is 0. The molecular weight excluding hydrogens is 214 g/mol. The molecule has 4 nitrogen and oxygen atoms in total. The second kappa shape index (κ2) is 5.71. The number of hydrogen-bond acceptors (Lipinski definition) is 2. The Hall–Kier alpha value is -0.770. The van der Waals surface area contributed by atoms with Crippen molar-refractivity contribution < 1.29 is 4.74 Å². The van der Waals surface area contributed by atoms with E-state index in [2.05, 4.69) is 23.7 Å². The van der Waals surface area contributed by atoms with Crippen LogP contribution in [0.4, 0.5) is 0 Å². The summed E-state index contributed by atoms with van der Waals surface area (Å²) in [7, 11) is 0. The molecule has 2 saturated heterocycles. The zero-order valence-electron chi connectivity index (χ0n) is 11.1. The van der Waals surface area contributed by atoms with Crippen LogP contribution in [0.5, 0.6) is 0 Å². The quantitative estimate of drug-likeness (QED) is 0.601. The minimum atomic E-state index is 0.403. The van der Waals surface area contributed by atoms with E-state index in [0.717, 1.165) is 37.9 Å². The summed E-state index contributed by atoms with van der Waals surface area (Å²) in [6, 6.07) is 0. The van der Waals surface area contributed by atoms with E-state index in [1.807, 2.05) is 0 Å². The molecule has 2 atom stereocenters. The van der Waals surface area contributed by atoms with Gasteiger partial charge in [0.05, 0.1) is 12.2 Å². The summed E-state index contributed by atoms with van der Waals surface area (Å²) in [6.45, 7) is 7.37. The molecule has 2 N–H and O–H groups in total. The molecular formula is C13H25N3O. The third kappa shape index (κ3) is 3.60. The molecule has 0 amide bonds. The topological polar surface area (TPSA) is 50.8 Å². The number of rotatable bonds is 3. The SMILES string of the molecule is CC1CC(CCN=C(N)N2CCC2)CC(C)O1. The van der Waals surface area contributed by atoms with Gasteiger partial charge in [-0.15, -0.1) is 0 Å². The molecule has 4 heteroatoms. The zero-order valence-corrected chi connectivity index (χ0v) is 11.1. The van der Waals surface area contributed by atoms with Gasteiger partial charge in [0.2, 0.25) is 0 Å². The molecule has 2 fully saturated rings. The zero-order chi connectivity index (χ0) is 12.3. The van der Waals surface area contributed by atoms with Crippen LogP contribution < -0.4 is 5.73 Å². The third-order valence-electron chi connectivity index (χ3n) is 3.79. The van der Waals surface area contributed by atoms with Crippen molar-refractivity contribution in [1.82, 2.24) is 4.90 Å². The van der Waals surface area contributed by atoms with Gasteiger partial charge in [0.1, 0.15) is 0 Å². The monoisotopic (exact) mass is 239 g/mol. The van der Waals surface area contributed by atoms with Gasteiger partial charge in [-0.2, -0.15) is 0 Å². The lowest BCUT2D eigenvalue weighted by Crippen LogP contribution is -2.46. The molecule has 17 heavy (non-hydrogen) atoms. The molecule has 2 aliphatic heterocycles. The molecule has 98 valence electrons. The van der Waals surface area contributed by atoms with Gasteiger partial charge in [0.25, 0.3) is 0 Å². The van der Waals surface area contributed by atoms with Gasteiger partial charge in [-0.3, -0.25) is 4.99 Å². The first-order chi connectivity index (χ1) is 8.15. The van der Waals surface area contributed by atoms with E-state index < -0.39 is 0 Å². The van der Waals surface area contributed by atoms with E-state index in [1.54, 1.807) is 0 Å². The summed E-state index contributed by atoms with van der Waals surface area (Å²) in [5, 5.41) is 0. The molecule has 2 aliphatic rings. The van der Waals surface area contributed by atoms with Crippen LogP contribution in [-0.4, -0.2) is 42.7 Å². The van der Waals surface area contributed by atoms with Crippen molar-refractivity contribution >= 4 is 5.96 Å². The lowest BCUT2D eigenvalue weighted by Gasteiger charge is -2.33. The Morgan fingerprint density at radius 2 is 1.94 bits per heavy atom. The van der Waals surface area contributed by atoms with E-state index in [9.17, 15) is 0 Å². The molecule has 0 spiro atoms. The Labute approximate surface area is 104 Å². The summed E-state index contributed by atoms with van der Waals surface area (Å²) in [5.74, 6) is 1.49. The predicted octanol–water partition coefficient (Wildman–Crippen LogP) is 1.60. The number of nitrogens with two attached hydrogens (primary N) is 1. The minimum Gasteiger partial charge on any atom is -0.376 e. The van der Waals surface area contributed by atoms with Gasteiger partial charge in [0, 0.05) is 19.6 Å². The van der Waals surface area contributed by atoms with Crippen LogP contribution in [-0.2, 0) is 4.74 Å². The first kappa shape index (κ1) is 12.7. The van der Waals surface area contributed by atoms with Crippen molar-refractivity contribution in [3.05, 3.63) is 0 Å². The maximum absolute atomic E-state index is 5.90. The van der Waals surface area contributed by atoms with E-state index >= 15 is 0 Å². The maximum atomic E-state index is 5.90. The van der Waals surface area contributed by atoms with Crippen LogP contribution in [0.2, 0.25) is 0 Å². The number of nitrogens with zero attached hydrogens (tertiary/aromatic N) is 2. The second-order valence-corrected chi connectivity index (χ2v) is 5.46. The lowest BCUT2D eigenvalue weighted by atomic mass is 9.90. The molecule has 2 unspecified atom stereocenters. The van der Waals surface area contributed by atoms with Crippen LogP contribution in [0.15, 0.2) is 4.99 Å². The van der Waals surface area contributed by atoms with Gasteiger partial charge in [-0.25, -0.2) is 0 Å². The Morgan fingerprint density at radius 1 is 1.29 bits per heavy atom. The Kier molecular flexibility index (Phi) is 4.26. The maximum Gasteiger partial charge on any atom is 0.191 e. The molecule has 0 aromatic rings. The van der Waals surface area contributed by atoms with E-state index in [0.29, 0.717) is 12.2 Å². The number of likely N-dealkylation sites (tertiary alicyclic amines) is 1. The summed E-state index contributed by atoms with van der Waals surface area (Å²) in [5.41, 5.74) is 5.90. The van der Waals surface area contributed by atoms with Gasteiger partial charge >= 0.3 is 0 Å². The van der Waals surface area contributed by atoms with Crippen molar-refractivity contribution in [3.8, 4) is 0 Å². The Morgan fingerprint density at radius 3 is 2.47 bits per heavy atom.